The van der Waals surface area contributed by atoms with Crippen LogP contribution in [-0.4, -0.2) is 56.1 Å². The number of piperidine rings is 1. The van der Waals surface area contributed by atoms with Crippen molar-refractivity contribution in [3.8, 4) is 0 Å². The number of hydrogen-bond donors (Lipinski definition) is 1. The molecule has 0 radical (unpaired) electrons. The van der Waals surface area contributed by atoms with Crippen molar-refractivity contribution in [2.75, 3.05) is 19.7 Å². The maximum Gasteiger partial charge on any atom is 0.250 e. The van der Waals surface area contributed by atoms with Gasteiger partial charge in [0.25, 0.3) is 5.56 Å². The fraction of sp³-hybridized carbons (Fsp3) is 0.433. The zero-order chi connectivity index (χ0) is 25.4. The molecule has 2 saturated heterocycles. The lowest BCUT2D eigenvalue weighted by atomic mass is 9.86. The van der Waals surface area contributed by atoms with E-state index in [0.717, 1.165) is 43.7 Å². The number of aromatic nitrogens is 2. The molecule has 1 aromatic carbocycles. The van der Waals surface area contributed by atoms with Gasteiger partial charge in [0, 0.05) is 62.6 Å². The van der Waals surface area contributed by atoms with Crippen LogP contribution in [0.1, 0.15) is 35.8 Å². The van der Waals surface area contributed by atoms with Gasteiger partial charge in [-0.15, -0.1) is 0 Å². The van der Waals surface area contributed by atoms with E-state index in [1.807, 2.05) is 39.8 Å². The summed E-state index contributed by atoms with van der Waals surface area (Å²) in [7, 11) is 0. The van der Waals surface area contributed by atoms with Crippen LogP contribution in [0, 0.1) is 17.8 Å². The van der Waals surface area contributed by atoms with Crippen LogP contribution in [0.15, 0.2) is 77.7 Å². The molecule has 1 N–H and O–H groups in total. The normalized spacial score (nSPS) is 25.7. The van der Waals surface area contributed by atoms with E-state index in [0.29, 0.717) is 19.0 Å². The molecule has 2 fully saturated rings. The van der Waals surface area contributed by atoms with Crippen molar-refractivity contribution in [2.45, 2.75) is 44.4 Å². The lowest BCUT2D eigenvalue weighted by Gasteiger charge is -2.38. The molecule has 7 heteroatoms. The Balaban J connectivity index is 1.25. The Labute approximate surface area is 217 Å². The highest BCUT2D eigenvalue weighted by molar-refractivity contribution is 5.83. The summed E-state index contributed by atoms with van der Waals surface area (Å²) >= 11 is 0. The van der Waals surface area contributed by atoms with Gasteiger partial charge in [-0.25, -0.2) is 0 Å². The quantitative estimate of drug-likeness (QED) is 0.566. The number of hydrogen-bond acceptors (Lipinski definition) is 5. The topological polar surface area (TPSA) is 78.7 Å². The SMILES string of the molecule is O=C([C@@H]1[C@@H](CO)[C@@H]2Cn3c(cccc3=O)[C@@H]2N1Cc1ccccn1)N1CCC(Cc2ccccc2)CC1. The molecule has 4 atom stereocenters. The molecule has 3 aromatic rings. The summed E-state index contributed by atoms with van der Waals surface area (Å²) in [5.41, 5.74) is 3.15. The standard InChI is InChI=1S/C30H34N4O3/c35-20-25-24-19-33-26(10-6-11-27(33)36)28(24)34(18-23-9-4-5-14-31-23)29(25)30(37)32-15-12-22(13-16-32)17-21-7-2-1-3-8-21/h1-11,14,22,24-25,28-29,35H,12-13,15-20H2/t24-,25-,28+,29-/m0/s1. The number of fused-ring (bicyclic) bond motifs is 3. The first-order valence-corrected chi connectivity index (χ1v) is 13.4. The molecule has 0 aliphatic carbocycles. The highest BCUT2D eigenvalue weighted by Crippen LogP contribution is 2.50. The van der Waals surface area contributed by atoms with E-state index in [2.05, 4.69) is 34.1 Å². The second kappa shape index (κ2) is 10.2. The van der Waals surface area contributed by atoms with Gasteiger partial charge in [-0.05, 0) is 48.9 Å². The monoisotopic (exact) mass is 498 g/mol. The fourth-order valence-corrected chi connectivity index (χ4v) is 6.89. The Morgan fingerprint density at radius 1 is 0.973 bits per heavy atom. The number of likely N-dealkylation sites (tertiary alicyclic amines) is 2. The zero-order valence-electron chi connectivity index (χ0n) is 21.0. The first-order chi connectivity index (χ1) is 18.1. The van der Waals surface area contributed by atoms with Crippen molar-refractivity contribution >= 4 is 5.91 Å². The maximum atomic E-state index is 14.1. The van der Waals surface area contributed by atoms with Crippen molar-refractivity contribution in [3.05, 3.63) is 100 Å². The van der Waals surface area contributed by atoms with Gasteiger partial charge in [-0.2, -0.15) is 0 Å². The van der Waals surface area contributed by atoms with Crippen LogP contribution in [0.5, 0.6) is 0 Å². The summed E-state index contributed by atoms with van der Waals surface area (Å²) in [6.07, 6.45) is 4.80. The number of aliphatic hydroxyl groups is 1. The van der Waals surface area contributed by atoms with Gasteiger partial charge in [0.15, 0.2) is 0 Å². The summed E-state index contributed by atoms with van der Waals surface area (Å²) in [6.45, 7) is 2.44. The highest BCUT2D eigenvalue weighted by atomic mass is 16.3. The molecule has 7 nitrogen and oxygen atoms in total. The van der Waals surface area contributed by atoms with E-state index in [1.54, 1.807) is 18.3 Å². The van der Waals surface area contributed by atoms with Gasteiger partial charge >= 0.3 is 0 Å². The Hall–Kier alpha value is -3.29. The molecule has 1 amide bonds. The average molecular weight is 499 g/mol. The zero-order valence-corrected chi connectivity index (χ0v) is 21.0. The van der Waals surface area contributed by atoms with Crippen molar-refractivity contribution in [2.24, 2.45) is 17.8 Å². The van der Waals surface area contributed by atoms with Crippen LogP contribution in [-0.2, 0) is 24.3 Å². The number of aliphatic hydroxyl groups excluding tert-OH is 1. The van der Waals surface area contributed by atoms with Gasteiger partial charge in [-0.3, -0.25) is 19.5 Å². The number of carbonyl (C=O) groups is 1. The predicted octanol–water partition coefficient (Wildman–Crippen LogP) is 2.89. The van der Waals surface area contributed by atoms with E-state index in [9.17, 15) is 14.7 Å². The summed E-state index contributed by atoms with van der Waals surface area (Å²) in [5, 5.41) is 10.6. The second-order valence-electron chi connectivity index (χ2n) is 10.8. The molecule has 0 unspecified atom stereocenters. The largest absolute Gasteiger partial charge is 0.396 e. The Morgan fingerprint density at radius 3 is 2.49 bits per heavy atom. The van der Waals surface area contributed by atoms with E-state index in [-0.39, 0.29) is 36.0 Å². The molecular weight excluding hydrogens is 464 g/mol. The minimum atomic E-state index is -0.434. The molecule has 37 heavy (non-hydrogen) atoms. The smallest absolute Gasteiger partial charge is 0.250 e. The molecule has 0 saturated carbocycles. The molecule has 2 aromatic heterocycles. The van der Waals surface area contributed by atoms with Crippen molar-refractivity contribution in [1.82, 2.24) is 19.4 Å². The highest BCUT2D eigenvalue weighted by Gasteiger charge is 2.56. The molecule has 0 spiro atoms. The van der Waals surface area contributed by atoms with Crippen LogP contribution < -0.4 is 5.56 Å². The molecule has 0 bridgehead atoms. The molecule has 192 valence electrons. The summed E-state index contributed by atoms with van der Waals surface area (Å²) < 4.78 is 1.82. The number of benzene rings is 1. The molecular formula is C30H34N4O3. The third-order valence-electron chi connectivity index (χ3n) is 8.68. The first kappa shape index (κ1) is 24.1. The Kier molecular flexibility index (Phi) is 6.65. The number of rotatable bonds is 6. The number of carbonyl (C=O) groups excluding carboxylic acids is 1. The third kappa shape index (κ3) is 4.51. The van der Waals surface area contributed by atoms with E-state index >= 15 is 0 Å². The van der Waals surface area contributed by atoms with Crippen LogP contribution in [0.25, 0.3) is 0 Å². The summed E-state index contributed by atoms with van der Waals surface area (Å²) in [4.78, 5) is 35.5. The maximum absolute atomic E-state index is 14.1. The van der Waals surface area contributed by atoms with Gasteiger partial charge < -0.3 is 14.6 Å². The number of nitrogens with zero attached hydrogens (tertiary/aromatic N) is 4. The minimum Gasteiger partial charge on any atom is -0.396 e. The van der Waals surface area contributed by atoms with Crippen LogP contribution in [0.2, 0.25) is 0 Å². The van der Waals surface area contributed by atoms with Crippen LogP contribution in [0.3, 0.4) is 0 Å². The molecule has 3 aliphatic rings. The number of amides is 1. The lowest BCUT2D eigenvalue weighted by molar-refractivity contribution is -0.140. The molecule has 5 heterocycles. The Morgan fingerprint density at radius 2 is 1.76 bits per heavy atom. The van der Waals surface area contributed by atoms with Crippen molar-refractivity contribution in [1.29, 1.82) is 0 Å². The first-order valence-electron chi connectivity index (χ1n) is 13.4. The average Bonchev–Trinajstić information content (AvgIpc) is 3.46. The van der Waals surface area contributed by atoms with Crippen molar-refractivity contribution in [3.63, 3.8) is 0 Å². The van der Waals surface area contributed by atoms with Crippen molar-refractivity contribution < 1.29 is 9.90 Å². The van der Waals surface area contributed by atoms with Crippen LogP contribution >= 0.6 is 0 Å². The molecule has 6 rings (SSSR count). The Bertz CT molecular complexity index is 1290. The third-order valence-corrected chi connectivity index (χ3v) is 8.68. The second-order valence-corrected chi connectivity index (χ2v) is 10.8. The van der Waals surface area contributed by atoms with E-state index in [4.69, 9.17) is 0 Å². The van der Waals surface area contributed by atoms with Gasteiger partial charge in [0.1, 0.15) is 0 Å². The van der Waals surface area contributed by atoms with Gasteiger partial charge in [0.05, 0.1) is 17.8 Å². The summed E-state index contributed by atoms with van der Waals surface area (Å²) in [5.74, 6) is 0.453. The van der Waals surface area contributed by atoms with E-state index < -0.39 is 6.04 Å². The lowest BCUT2D eigenvalue weighted by Crippen LogP contribution is -2.51. The minimum absolute atomic E-state index is 0.00776. The molecule has 3 aliphatic heterocycles. The van der Waals surface area contributed by atoms with Gasteiger partial charge in [0.2, 0.25) is 5.91 Å². The van der Waals surface area contributed by atoms with Crippen LogP contribution in [0.4, 0.5) is 0 Å². The van der Waals surface area contributed by atoms with E-state index in [1.165, 1.54) is 5.56 Å². The summed E-state index contributed by atoms with van der Waals surface area (Å²) in [6, 6.07) is 21.3. The number of pyridine rings is 2. The van der Waals surface area contributed by atoms with Gasteiger partial charge in [-0.1, -0.05) is 42.5 Å². The predicted molar refractivity (Wildman–Crippen MR) is 141 cm³/mol. The fourth-order valence-electron chi connectivity index (χ4n) is 6.89.